The zero-order valence-electron chi connectivity index (χ0n) is 9.95. The molecule has 0 unspecified atom stereocenters. The van der Waals surface area contributed by atoms with E-state index in [1.54, 1.807) is 0 Å². The van der Waals surface area contributed by atoms with E-state index >= 15 is 0 Å². The van der Waals surface area contributed by atoms with Gasteiger partial charge >= 0.3 is 5.97 Å². The Morgan fingerprint density at radius 2 is 2.24 bits per heavy atom. The maximum atomic E-state index is 11.5. The van der Waals surface area contributed by atoms with Crippen molar-refractivity contribution in [3.05, 3.63) is 29.3 Å². The summed E-state index contributed by atoms with van der Waals surface area (Å²) in [6.07, 6.45) is 0.544. The number of carbonyl (C=O) groups is 2. The summed E-state index contributed by atoms with van der Waals surface area (Å²) >= 11 is 0. The monoisotopic (exact) mass is 233 g/mol. The number of ether oxygens (including phenoxy) is 1. The van der Waals surface area contributed by atoms with E-state index in [1.807, 2.05) is 32.0 Å². The van der Waals surface area contributed by atoms with Crippen LogP contribution in [0.4, 0.5) is 5.69 Å². The van der Waals surface area contributed by atoms with Gasteiger partial charge in [-0.05, 0) is 31.0 Å². The highest BCUT2D eigenvalue weighted by Gasteiger charge is 2.18. The molecular weight excluding hydrogens is 218 g/mol. The molecular formula is C13H15NO3. The molecule has 2 rings (SSSR count). The summed E-state index contributed by atoms with van der Waals surface area (Å²) in [5, 5.41) is 2.76. The normalized spacial score (nSPS) is 13.5. The molecule has 0 fully saturated rings. The van der Waals surface area contributed by atoms with Crippen molar-refractivity contribution in [1.29, 1.82) is 0 Å². The lowest BCUT2D eigenvalue weighted by molar-refractivity contribution is -0.146. The third-order valence-corrected chi connectivity index (χ3v) is 2.51. The fourth-order valence-corrected chi connectivity index (χ4v) is 1.86. The largest absolute Gasteiger partial charge is 0.463 e. The van der Waals surface area contributed by atoms with Gasteiger partial charge in [0.05, 0.1) is 18.9 Å². The second-order valence-corrected chi connectivity index (χ2v) is 4.43. The van der Waals surface area contributed by atoms with E-state index in [1.165, 1.54) is 0 Å². The van der Waals surface area contributed by atoms with E-state index in [2.05, 4.69) is 5.32 Å². The predicted octanol–water partition coefficient (Wildman–Crippen LogP) is 1.68. The smallest absolute Gasteiger partial charge is 0.310 e. The van der Waals surface area contributed by atoms with Gasteiger partial charge in [0, 0.05) is 5.69 Å². The van der Waals surface area contributed by atoms with Gasteiger partial charge in [0.2, 0.25) is 5.91 Å². The third-order valence-electron chi connectivity index (χ3n) is 2.51. The molecule has 1 amide bonds. The predicted molar refractivity (Wildman–Crippen MR) is 63.7 cm³/mol. The summed E-state index contributed by atoms with van der Waals surface area (Å²) in [5.41, 5.74) is 2.67. The van der Waals surface area contributed by atoms with Gasteiger partial charge in [0.15, 0.2) is 0 Å². The maximum Gasteiger partial charge on any atom is 0.310 e. The zero-order chi connectivity index (χ0) is 12.4. The second-order valence-electron chi connectivity index (χ2n) is 4.43. The molecule has 1 aromatic carbocycles. The van der Waals surface area contributed by atoms with E-state index in [-0.39, 0.29) is 24.4 Å². The summed E-state index contributed by atoms with van der Waals surface area (Å²) < 4.78 is 5.07. The van der Waals surface area contributed by atoms with Gasteiger partial charge in [0.25, 0.3) is 0 Å². The number of rotatable bonds is 3. The Morgan fingerprint density at radius 3 is 2.94 bits per heavy atom. The van der Waals surface area contributed by atoms with Crippen LogP contribution in [-0.2, 0) is 27.2 Å². The first-order chi connectivity index (χ1) is 8.04. The van der Waals surface area contributed by atoms with Crippen molar-refractivity contribution >= 4 is 17.6 Å². The summed E-state index contributed by atoms with van der Waals surface area (Å²) in [5.74, 6) is -0.237. The first kappa shape index (κ1) is 11.6. The number of nitrogens with one attached hydrogen (secondary N) is 1. The summed E-state index contributed by atoms with van der Waals surface area (Å²) in [4.78, 5) is 22.7. The van der Waals surface area contributed by atoms with Crippen LogP contribution in [0.1, 0.15) is 25.0 Å². The lowest BCUT2D eigenvalue weighted by Crippen LogP contribution is -2.13. The highest BCUT2D eigenvalue weighted by atomic mass is 16.5. The number of amides is 1. The minimum absolute atomic E-state index is 0.00177. The van der Waals surface area contributed by atoms with Crippen molar-refractivity contribution in [1.82, 2.24) is 0 Å². The Labute approximate surface area is 100.0 Å². The maximum absolute atomic E-state index is 11.5. The fraction of sp³-hybridized carbons (Fsp3) is 0.385. The third kappa shape index (κ3) is 2.84. The lowest BCUT2D eigenvalue weighted by Gasteiger charge is -2.08. The summed E-state index contributed by atoms with van der Waals surface area (Å²) in [6.45, 7) is 3.65. The standard InChI is InChI=1S/C13H15NO3/c1-8(2)17-13(16)6-9-3-4-11-10(5-9)7-12(15)14-11/h3-5,8H,6-7H2,1-2H3,(H,14,15). The number of hydrogen-bond donors (Lipinski definition) is 1. The molecule has 4 heteroatoms. The van der Waals surface area contributed by atoms with Crippen molar-refractivity contribution in [3.8, 4) is 0 Å². The molecule has 0 spiro atoms. The van der Waals surface area contributed by atoms with Gasteiger partial charge in [-0.3, -0.25) is 9.59 Å². The van der Waals surface area contributed by atoms with Crippen LogP contribution in [0, 0.1) is 0 Å². The summed E-state index contributed by atoms with van der Waals surface area (Å²) in [6, 6.07) is 5.55. The van der Waals surface area contributed by atoms with Gasteiger partial charge in [-0.25, -0.2) is 0 Å². The van der Waals surface area contributed by atoms with E-state index < -0.39 is 0 Å². The van der Waals surface area contributed by atoms with Gasteiger partial charge in [-0.2, -0.15) is 0 Å². The van der Waals surface area contributed by atoms with Crippen LogP contribution >= 0.6 is 0 Å². The average molecular weight is 233 g/mol. The Bertz CT molecular complexity index is 466. The van der Waals surface area contributed by atoms with Crippen LogP contribution in [0.25, 0.3) is 0 Å². The van der Waals surface area contributed by atoms with Crippen molar-refractivity contribution in [2.24, 2.45) is 0 Å². The molecule has 0 bridgehead atoms. The van der Waals surface area contributed by atoms with Crippen LogP contribution in [0.2, 0.25) is 0 Å². The van der Waals surface area contributed by atoms with Gasteiger partial charge in [-0.15, -0.1) is 0 Å². The average Bonchev–Trinajstić information content (AvgIpc) is 2.55. The molecule has 90 valence electrons. The molecule has 0 saturated carbocycles. The SMILES string of the molecule is CC(C)OC(=O)Cc1ccc2c(c1)CC(=O)N2. The number of anilines is 1. The zero-order valence-corrected chi connectivity index (χ0v) is 9.95. The van der Waals surface area contributed by atoms with Gasteiger partial charge in [-0.1, -0.05) is 12.1 Å². The molecule has 1 aliphatic heterocycles. The molecule has 0 atom stereocenters. The molecule has 0 aliphatic carbocycles. The highest BCUT2D eigenvalue weighted by Crippen LogP contribution is 2.24. The van der Waals surface area contributed by atoms with E-state index in [0.29, 0.717) is 6.42 Å². The molecule has 1 N–H and O–H groups in total. The molecule has 17 heavy (non-hydrogen) atoms. The molecule has 4 nitrogen and oxygen atoms in total. The van der Waals surface area contributed by atoms with Crippen molar-refractivity contribution in [3.63, 3.8) is 0 Å². The molecule has 1 aliphatic rings. The number of carbonyl (C=O) groups excluding carboxylic acids is 2. The second kappa shape index (κ2) is 4.57. The van der Waals surface area contributed by atoms with Gasteiger partial charge in [0.1, 0.15) is 0 Å². The quantitative estimate of drug-likeness (QED) is 0.808. The van der Waals surface area contributed by atoms with Crippen LogP contribution in [-0.4, -0.2) is 18.0 Å². The van der Waals surface area contributed by atoms with Crippen LogP contribution < -0.4 is 5.32 Å². The number of benzene rings is 1. The van der Waals surface area contributed by atoms with Crippen LogP contribution in [0.15, 0.2) is 18.2 Å². The summed E-state index contributed by atoms with van der Waals surface area (Å²) in [7, 11) is 0. The Morgan fingerprint density at radius 1 is 1.47 bits per heavy atom. The minimum Gasteiger partial charge on any atom is -0.463 e. The van der Waals surface area contributed by atoms with E-state index in [4.69, 9.17) is 4.74 Å². The first-order valence-electron chi connectivity index (χ1n) is 5.66. The number of hydrogen-bond acceptors (Lipinski definition) is 3. The minimum atomic E-state index is -0.239. The van der Waals surface area contributed by atoms with Crippen LogP contribution in [0.3, 0.4) is 0 Å². The number of esters is 1. The Balaban J connectivity index is 2.06. The molecule has 1 aromatic rings. The Hall–Kier alpha value is -1.84. The Kier molecular flexibility index (Phi) is 3.13. The molecule has 1 heterocycles. The van der Waals surface area contributed by atoms with Crippen molar-refractivity contribution in [2.75, 3.05) is 5.32 Å². The van der Waals surface area contributed by atoms with Gasteiger partial charge < -0.3 is 10.1 Å². The van der Waals surface area contributed by atoms with E-state index in [9.17, 15) is 9.59 Å². The molecule has 0 aromatic heterocycles. The molecule has 0 saturated heterocycles. The van der Waals surface area contributed by atoms with Crippen molar-refractivity contribution < 1.29 is 14.3 Å². The lowest BCUT2D eigenvalue weighted by atomic mass is 10.1. The van der Waals surface area contributed by atoms with Crippen LogP contribution in [0.5, 0.6) is 0 Å². The fourth-order valence-electron chi connectivity index (χ4n) is 1.86. The number of fused-ring (bicyclic) bond motifs is 1. The topological polar surface area (TPSA) is 55.4 Å². The highest BCUT2D eigenvalue weighted by molar-refractivity contribution is 5.99. The first-order valence-corrected chi connectivity index (χ1v) is 5.66. The van der Waals surface area contributed by atoms with Crippen molar-refractivity contribution in [2.45, 2.75) is 32.8 Å². The molecule has 0 radical (unpaired) electrons. The van der Waals surface area contributed by atoms with E-state index in [0.717, 1.165) is 16.8 Å².